The molecule has 80 valence electrons. The number of hydrogen-bond donors (Lipinski definition) is 2. The van der Waals surface area contributed by atoms with E-state index < -0.39 is 9.52 Å². The van der Waals surface area contributed by atoms with Crippen LogP contribution in [0.25, 0.3) is 0 Å². The Balaban J connectivity index is 4.07. The van der Waals surface area contributed by atoms with E-state index >= 15 is 0 Å². The fourth-order valence-corrected chi connectivity index (χ4v) is 1.94. The van der Waals surface area contributed by atoms with E-state index in [1.807, 2.05) is 0 Å². The van der Waals surface area contributed by atoms with Crippen molar-refractivity contribution in [3.8, 4) is 0 Å². The van der Waals surface area contributed by atoms with Gasteiger partial charge >= 0.3 is 0 Å². The third-order valence-electron chi connectivity index (χ3n) is 1.72. The molecule has 0 aromatic carbocycles. The van der Waals surface area contributed by atoms with Gasteiger partial charge in [0.1, 0.15) is 0 Å². The summed E-state index contributed by atoms with van der Waals surface area (Å²) in [5.74, 6) is -0.270. The van der Waals surface area contributed by atoms with Crippen molar-refractivity contribution >= 4 is 21.3 Å². The highest BCUT2D eigenvalue weighted by Gasteiger charge is 2.11. The summed E-state index contributed by atoms with van der Waals surface area (Å²) in [4.78, 5) is 22.2. The van der Waals surface area contributed by atoms with E-state index in [1.54, 1.807) is 19.5 Å². The average molecular weight is 214 g/mol. The lowest BCUT2D eigenvalue weighted by Crippen LogP contribution is -2.51. The zero-order valence-corrected chi connectivity index (χ0v) is 10.2. The average Bonchev–Trinajstić information content (AvgIpc) is 2.17. The zero-order valence-electron chi connectivity index (χ0n) is 8.80. The molecule has 0 radical (unpaired) electrons. The van der Waals surface area contributed by atoms with Crippen LogP contribution in [0.2, 0.25) is 0 Å². The summed E-state index contributed by atoms with van der Waals surface area (Å²) < 4.78 is 0. The molecule has 0 fully saturated rings. The fraction of sp³-hybridized carbons (Fsp3) is 0.556. The SMILES string of the molecule is C=C[SiH2]C(NC(=O)CC)NC(=O)CC. The van der Waals surface area contributed by atoms with E-state index in [2.05, 4.69) is 17.2 Å². The lowest BCUT2D eigenvalue weighted by Gasteiger charge is -2.17. The minimum atomic E-state index is -0.669. The predicted molar refractivity (Wildman–Crippen MR) is 59.4 cm³/mol. The summed E-state index contributed by atoms with van der Waals surface area (Å²) in [5.41, 5.74) is 1.80. The Morgan fingerprint density at radius 2 is 1.71 bits per heavy atom. The number of amides is 2. The van der Waals surface area contributed by atoms with Crippen LogP contribution in [-0.4, -0.2) is 27.1 Å². The van der Waals surface area contributed by atoms with Gasteiger partial charge in [-0.2, -0.15) is 0 Å². The summed E-state index contributed by atoms with van der Waals surface area (Å²) >= 11 is 0. The summed E-state index contributed by atoms with van der Waals surface area (Å²) in [6.07, 6.45) is 0.869. The quantitative estimate of drug-likeness (QED) is 0.468. The summed E-state index contributed by atoms with van der Waals surface area (Å²) in [6, 6.07) is 0. The van der Waals surface area contributed by atoms with Gasteiger partial charge in [-0.05, 0) is 0 Å². The normalized spacial score (nSPS) is 10.5. The fourth-order valence-electron chi connectivity index (χ4n) is 0.913. The van der Waals surface area contributed by atoms with Gasteiger partial charge in [-0.25, -0.2) is 0 Å². The van der Waals surface area contributed by atoms with Crippen molar-refractivity contribution in [3.63, 3.8) is 0 Å². The first kappa shape index (κ1) is 12.9. The highest BCUT2D eigenvalue weighted by Crippen LogP contribution is 1.84. The molecule has 0 aliphatic heterocycles. The molecule has 4 nitrogen and oxygen atoms in total. The molecule has 0 heterocycles. The molecule has 0 aromatic heterocycles. The molecule has 0 rings (SSSR count). The lowest BCUT2D eigenvalue weighted by molar-refractivity contribution is -0.123. The van der Waals surface area contributed by atoms with Gasteiger partial charge in [0.15, 0.2) is 0 Å². The van der Waals surface area contributed by atoms with Crippen LogP contribution in [0, 0.1) is 0 Å². The summed E-state index contributed by atoms with van der Waals surface area (Å²) in [6.45, 7) is 7.19. The van der Waals surface area contributed by atoms with E-state index in [4.69, 9.17) is 0 Å². The van der Waals surface area contributed by atoms with Crippen molar-refractivity contribution < 1.29 is 9.59 Å². The first-order valence-corrected chi connectivity index (χ1v) is 6.46. The Morgan fingerprint density at radius 3 is 2.00 bits per heavy atom. The van der Waals surface area contributed by atoms with Crippen LogP contribution in [-0.2, 0) is 9.59 Å². The molecule has 5 heteroatoms. The van der Waals surface area contributed by atoms with Crippen LogP contribution in [0.3, 0.4) is 0 Å². The van der Waals surface area contributed by atoms with Gasteiger partial charge < -0.3 is 10.6 Å². The number of carbonyl (C=O) groups is 2. The van der Waals surface area contributed by atoms with Gasteiger partial charge in [-0.3, -0.25) is 9.59 Å². The van der Waals surface area contributed by atoms with Crippen molar-refractivity contribution in [2.24, 2.45) is 0 Å². The summed E-state index contributed by atoms with van der Waals surface area (Å²) in [7, 11) is -0.669. The number of nitrogens with one attached hydrogen (secondary N) is 2. The summed E-state index contributed by atoms with van der Waals surface area (Å²) in [5, 5.41) is 5.50. The second kappa shape index (κ2) is 7.31. The van der Waals surface area contributed by atoms with Crippen molar-refractivity contribution in [3.05, 3.63) is 12.3 Å². The zero-order chi connectivity index (χ0) is 11.0. The maximum absolute atomic E-state index is 11.1. The molecular weight excluding hydrogens is 196 g/mol. The van der Waals surface area contributed by atoms with Gasteiger partial charge in [0.2, 0.25) is 11.8 Å². The molecule has 2 N–H and O–H groups in total. The van der Waals surface area contributed by atoms with E-state index in [9.17, 15) is 9.59 Å². The second-order valence-corrected chi connectivity index (χ2v) is 4.78. The van der Waals surface area contributed by atoms with Crippen LogP contribution in [0.5, 0.6) is 0 Å². The van der Waals surface area contributed by atoms with Crippen molar-refractivity contribution in [1.29, 1.82) is 0 Å². The molecule has 2 amide bonds. The van der Waals surface area contributed by atoms with Crippen LogP contribution in [0.15, 0.2) is 12.3 Å². The molecular formula is C9H18N2O2Si. The molecule has 0 spiro atoms. The van der Waals surface area contributed by atoms with Gasteiger partial charge in [0.05, 0.1) is 15.3 Å². The van der Waals surface area contributed by atoms with E-state index in [-0.39, 0.29) is 17.6 Å². The highest BCUT2D eigenvalue weighted by atomic mass is 28.2. The van der Waals surface area contributed by atoms with Crippen molar-refractivity contribution in [2.45, 2.75) is 32.5 Å². The number of rotatable bonds is 6. The Bertz CT molecular complexity index is 201. The molecule has 0 atom stereocenters. The molecule has 14 heavy (non-hydrogen) atoms. The largest absolute Gasteiger partial charge is 0.340 e. The van der Waals surface area contributed by atoms with Gasteiger partial charge in [0, 0.05) is 12.8 Å². The van der Waals surface area contributed by atoms with E-state index in [1.165, 1.54) is 0 Å². The monoisotopic (exact) mass is 214 g/mol. The van der Waals surface area contributed by atoms with Crippen LogP contribution in [0.1, 0.15) is 26.7 Å². The van der Waals surface area contributed by atoms with Crippen LogP contribution >= 0.6 is 0 Å². The Morgan fingerprint density at radius 1 is 1.29 bits per heavy atom. The van der Waals surface area contributed by atoms with Crippen molar-refractivity contribution in [1.82, 2.24) is 10.6 Å². The topological polar surface area (TPSA) is 58.2 Å². The van der Waals surface area contributed by atoms with Gasteiger partial charge in [-0.1, -0.05) is 13.8 Å². The van der Waals surface area contributed by atoms with Crippen LogP contribution < -0.4 is 10.6 Å². The first-order chi connectivity index (χ1) is 6.63. The third-order valence-corrected chi connectivity index (χ3v) is 2.93. The third kappa shape index (κ3) is 5.53. The van der Waals surface area contributed by atoms with Crippen LogP contribution in [0.4, 0.5) is 0 Å². The minimum Gasteiger partial charge on any atom is -0.340 e. The van der Waals surface area contributed by atoms with E-state index in [0.29, 0.717) is 12.8 Å². The van der Waals surface area contributed by atoms with E-state index in [0.717, 1.165) is 0 Å². The molecule has 0 saturated carbocycles. The second-order valence-electron chi connectivity index (χ2n) is 2.92. The number of carbonyl (C=O) groups excluding carboxylic acids is 2. The van der Waals surface area contributed by atoms with Gasteiger partial charge in [0.25, 0.3) is 0 Å². The lowest BCUT2D eigenvalue weighted by atomic mass is 10.4. The molecule has 0 bridgehead atoms. The number of hydrogen-bond acceptors (Lipinski definition) is 2. The molecule has 0 aromatic rings. The smallest absolute Gasteiger partial charge is 0.221 e. The van der Waals surface area contributed by atoms with Crippen molar-refractivity contribution in [2.75, 3.05) is 0 Å². The molecule has 0 unspecified atom stereocenters. The standard InChI is InChI=1S/C9H18N2O2Si/c1-4-7(12)10-9(14-6-3)11-8(13)5-2/h6,9H,3-5,14H2,1-2H3,(H,10,12)(H,11,13). The highest BCUT2D eigenvalue weighted by molar-refractivity contribution is 6.44. The predicted octanol–water partition coefficient (Wildman–Crippen LogP) is -0.365. The minimum absolute atomic E-state index is 0.0410. The Labute approximate surface area is 87.0 Å². The first-order valence-electron chi connectivity index (χ1n) is 4.83. The maximum Gasteiger partial charge on any atom is 0.221 e. The van der Waals surface area contributed by atoms with Gasteiger partial charge in [-0.15, -0.1) is 12.3 Å². The molecule has 0 aliphatic carbocycles. The maximum atomic E-state index is 11.1. The Kier molecular flexibility index (Phi) is 6.74. The Hall–Kier alpha value is -1.10. The molecule has 0 aliphatic rings. The molecule has 0 saturated heterocycles.